The summed E-state index contributed by atoms with van der Waals surface area (Å²) in [4.78, 5) is 66.2. The maximum absolute atomic E-state index is 14.1. The van der Waals surface area contributed by atoms with Crippen LogP contribution in [-0.4, -0.2) is 96.5 Å². The zero-order valence-corrected chi connectivity index (χ0v) is 23.2. The van der Waals surface area contributed by atoms with E-state index in [1.165, 1.54) is 27.7 Å². The van der Waals surface area contributed by atoms with Crippen molar-refractivity contribution in [2.24, 2.45) is 5.73 Å². The number of carboxylic acid groups (broad SMARTS) is 2. The van der Waals surface area contributed by atoms with Gasteiger partial charge in [0.2, 0.25) is 17.7 Å². The van der Waals surface area contributed by atoms with E-state index >= 15 is 0 Å². The van der Waals surface area contributed by atoms with Crippen molar-refractivity contribution in [3.05, 3.63) is 35.9 Å². The Bertz CT molecular complexity index is 1350. The molecule has 13 nitrogen and oxygen atoms in total. The monoisotopic (exact) mass is 582 g/mol. The molecule has 6 atom stereocenters. The fourth-order valence-electron chi connectivity index (χ4n) is 5.49. The number of fused-ring (bicyclic) bond motifs is 1. The summed E-state index contributed by atoms with van der Waals surface area (Å²) in [7, 11) is -4.00. The lowest BCUT2D eigenvalue weighted by molar-refractivity contribution is -0.161. The maximum atomic E-state index is 14.1. The smallest absolute Gasteiger partial charge is 0.329 e. The second-order valence-electron chi connectivity index (χ2n) is 10.8. The summed E-state index contributed by atoms with van der Waals surface area (Å²) in [5.41, 5.74) is 6.43. The number of sulfone groups is 1. The number of nitrogens with zero attached hydrogens (tertiary/aromatic N) is 2. The van der Waals surface area contributed by atoms with Crippen LogP contribution in [0.5, 0.6) is 0 Å². The van der Waals surface area contributed by atoms with Crippen molar-refractivity contribution < 1.29 is 42.6 Å². The first-order chi connectivity index (χ1) is 17.9. The van der Waals surface area contributed by atoms with Crippen LogP contribution in [-0.2, 0) is 33.8 Å². The topological polar surface area (TPSA) is 204 Å². The van der Waals surface area contributed by atoms with Gasteiger partial charge in [0.05, 0.1) is 11.2 Å². The summed E-state index contributed by atoms with van der Waals surface area (Å²) in [6.45, 7) is 5.57. The molecule has 0 unspecified atom stereocenters. The Morgan fingerprint density at radius 1 is 1.08 bits per heavy atom. The highest BCUT2D eigenvalue weighted by Gasteiger charge is 2.70. The van der Waals surface area contributed by atoms with E-state index in [1.807, 2.05) is 0 Å². The Kier molecular flexibility index (Phi) is 7.01. The zero-order chi connectivity index (χ0) is 29.2. The van der Waals surface area contributed by atoms with Gasteiger partial charge >= 0.3 is 11.9 Å². The Morgan fingerprint density at radius 3 is 2.18 bits per heavy atom. The summed E-state index contributed by atoms with van der Waals surface area (Å²) in [6.07, 6.45) is -0.299. The normalized spacial score (nSPS) is 29.6. The molecule has 0 aliphatic carbocycles. The van der Waals surface area contributed by atoms with Crippen LogP contribution in [0.3, 0.4) is 0 Å². The third-order valence-corrected chi connectivity index (χ3v) is 12.0. The van der Waals surface area contributed by atoms with Crippen LogP contribution < -0.4 is 11.1 Å². The lowest BCUT2D eigenvalue weighted by Crippen LogP contribution is -2.65. The second-order valence-corrected chi connectivity index (χ2v) is 15.3. The fraction of sp³-hybridized carbons (Fsp3) is 0.542. The second kappa shape index (κ2) is 9.48. The largest absolute Gasteiger partial charge is 0.480 e. The molecule has 3 fully saturated rings. The molecule has 1 aromatic rings. The number of benzene rings is 1. The van der Waals surface area contributed by atoms with Crippen LogP contribution in [0.2, 0.25) is 0 Å². The number of aliphatic carboxylic acids is 2. The van der Waals surface area contributed by atoms with E-state index < -0.39 is 83.9 Å². The molecular weight excluding hydrogens is 552 g/mol. The summed E-state index contributed by atoms with van der Waals surface area (Å²) in [5, 5.41) is 19.9. The van der Waals surface area contributed by atoms with E-state index in [0.29, 0.717) is 5.56 Å². The first-order valence-electron chi connectivity index (χ1n) is 12.1. The molecule has 3 amide bonds. The number of carbonyl (C=O) groups is 5. The van der Waals surface area contributed by atoms with Crippen molar-refractivity contribution in [1.29, 1.82) is 0 Å². The van der Waals surface area contributed by atoms with Crippen LogP contribution >= 0.6 is 11.8 Å². The van der Waals surface area contributed by atoms with Crippen LogP contribution in [0.4, 0.5) is 0 Å². The number of β-lactam (4-membered cyclic amide) rings is 1. The van der Waals surface area contributed by atoms with E-state index in [4.69, 9.17) is 5.73 Å². The number of amides is 3. The van der Waals surface area contributed by atoms with Gasteiger partial charge in [-0.05, 0) is 33.3 Å². The van der Waals surface area contributed by atoms with Gasteiger partial charge in [-0.25, -0.2) is 18.0 Å². The molecule has 39 heavy (non-hydrogen) atoms. The molecule has 15 heteroatoms. The summed E-state index contributed by atoms with van der Waals surface area (Å²) in [5.74, 6) is -5.50. The van der Waals surface area contributed by atoms with Crippen LogP contribution in [0.15, 0.2) is 30.3 Å². The van der Waals surface area contributed by atoms with Gasteiger partial charge in [-0.2, -0.15) is 0 Å². The zero-order valence-electron chi connectivity index (χ0n) is 21.6. The number of hydrogen-bond donors (Lipinski definition) is 4. The number of nitrogens with one attached hydrogen (secondary N) is 1. The van der Waals surface area contributed by atoms with Crippen molar-refractivity contribution in [3.8, 4) is 0 Å². The molecular formula is C24H30N4O9S2. The number of hydrogen-bond acceptors (Lipinski definition) is 9. The Balaban J connectivity index is 1.75. The lowest BCUT2D eigenvalue weighted by atomic mass is 9.93. The lowest BCUT2D eigenvalue weighted by Gasteiger charge is -2.41. The minimum Gasteiger partial charge on any atom is -0.480 e. The van der Waals surface area contributed by atoms with Crippen molar-refractivity contribution in [3.63, 3.8) is 0 Å². The van der Waals surface area contributed by atoms with Crippen molar-refractivity contribution >= 4 is 51.3 Å². The summed E-state index contributed by atoms with van der Waals surface area (Å²) < 4.78 is 23.2. The number of nitrogens with two attached hydrogens (primary N) is 1. The van der Waals surface area contributed by atoms with Crippen molar-refractivity contribution in [2.75, 3.05) is 0 Å². The van der Waals surface area contributed by atoms with E-state index in [0.717, 1.165) is 21.6 Å². The quantitative estimate of drug-likeness (QED) is 0.302. The number of carboxylic acids is 2. The number of carbonyl (C=O) groups excluding carboxylic acids is 3. The maximum Gasteiger partial charge on any atom is 0.329 e. The van der Waals surface area contributed by atoms with E-state index in [-0.39, 0.29) is 6.42 Å². The van der Waals surface area contributed by atoms with Gasteiger partial charge in [0.25, 0.3) is 0 Å². The minimum atomic E-state index is -4.00. The Hall–Kier alpha value is -3.17. The van der Waals surface area contributed by atoms with Crippen molar-refractivity contribution in [2.45, 2.75) is 78.5 Å². The van der Waals surface area contributed by atoms with Crippen LogP contribution in [0.1, 0.15) is 45.7 Å². The van der Waals surface area contributed by atoms with Gasteiger partial charge in [-0.3, -0.25) is 14.4 Å². The standard InChI is InChI=1S/C24H30N4O9S2/c1-23(2)17(22(34)35)28(19(31)16-24(3,4)39(36,37)13-10-12(29)27(13)16)20(38-23)15(21(32)33)26-18(30)14(25)11-8-6-5-7-9-11/h5-9,13-17,20H,10,25H2,1-4H3,(H,26,30)(H,32,33)(H,34,35)/t13-,14-,15+,16+,17+,20-/m1/s1. The van der Waals surface area contributed by atoms with Gasteiger partial charge in [0.15, 0.2) is 15.9 Å². The Labute approximate surface area is 229 Å². The molecule has 0 saturated carbocycles. The molecule has 212 valence electrons. The highest BCUT2D eigenvalue weighted by Crippen LogP contribution is 2.50. The minimum absolute atomic E-state index is 0.299. The number of thioether (sulfide) groups is 1. The third kappa shape index (κ3) is 4.36. The summed E-state index contributed by atoms with van der Waals surface area (Å²) >= 11 is 0.841. The fourth-order valence-corrected chi connectivity index (χ4v) is 9.24. The first kappa shape index (κ1) is 28.8. The first-order valence-corrected chi connectivity index (χ1v) is 14.5. The molecule has 0 spiro atoms. The van der Waals surface area contributed by atoms with Crippen molar-refractivity contribution in [1.82, 2.24) is 15.1 Å². The molecule has 5 N–H and O–H groups in total. The predicted octanol–water partition coefficient (Wildman–Crippen LogP) is -0.477. The van der Waals surface area contributed by atoms with Crippen LogP contribution in [0.25, 0.3) is 0 Å². The molecule has 1 aromatic carbocycles. The molecule has 3 aliphatic rings. The molecule has 3 aliphatic heterocycles. The average molecular weight is 583 g/mol. The van der Waals surface area contributed by atoms with Gasteiger partial charge in [-0.15, -0.1) is 11.8 Å². The van der Waals surface area contributed by atoms with E-state index in [1.54, 1.807) is 30.3 Å². The summed E-state index contributed by atoms with van der Waals surface area (Å²) in [6, 6.07) is 1.90. The predicted molar refractivity (Wildman–Crippen MR) is 139 cm³/mol. The molecule has 3 saturated heterocycles. The molecule has 0 aromatic heterocycles. The highest BCUT2D eigenvalue weighted by molar-refractivity contribution is 8.01. The van der Waals surface area contributed by atoms with Gasteiger partial charge in [0.1, 0.15) is 28.9 Å². The number of rotatable bonds is 7. The van der Waals surface area contributed by atoms with Gasteiger partial charge in [0, 0.05) is 4.75 Å². The average Bonchev–Trinajstić information content (AvgIpc) is 3.19. The molecule has 3 heterocycles. The van der Waals surface area contributed by atoms with Gasteiger partial charge < -0.3 is 31.1 Å². The molecule has 0 bridgehead atoms. The van der Waals surface area contributed by atoms with E-state index in [9.17, 15) is 42.6 Å². The van der Waals surface area contributed by atoms with E-state index in [2.05, 4.69) is 5.32 Å². The highest BCUT2D eigenvalue weighted by atomic mass is 32.2. The molecule has 4 rings (SSSR count). The SMILES string of the molecule is CC1(C)S[C@H]([C@H](NC(=O)[C@H](N)c2ccccc2)C(=O)O)N(C(=O)[C@@H]2N3C(=O)C[C@H]3S(=O)(=O)C2(C)C)[C@H]1C(=O)O. The molecule has 0 radical (unpaired) electrons. The Morgan fingerprint density at radius 2 is 1.67 bits per heavy atom. The third-order valence-electron chi connectivity index (χ3n) is 7.62. The van der Waals surface area contributed by atoms with Crippen LogP contribution in [0, 0.1) is 0 Å². The van der Waals surface area contributed by atoms with Gasteiger partial charge in [-0.1, -0.05) is 30.3 Å².